The normalized spacial score (nSPS) is 17.9. The number of nitrogens with one attached hydrogen (secondary N) is 1. The number of ether oxygens (including phenoxy) is 2. The summed E-state index contributed by atoms with van der Waals surface area (Å²) >= 11 is 0. The molecule has 1 aliphatic heterocycles. The minimum Gasteiger partial charge on any atom is -0.488 e. The Morgan fingerprint density at radius 2 is 2.00 bits per heavy atom. The number of benzene rings is 1. The summed E-state index contributed by atoms with van der Waals surface area (Å²) in [5, 5.41) is 3.08. The molecule has 5 heteroatoms. The van der Waals surface area contributed by atoms with Crippen LogP contribution >= 0.6 is 0 Å². The highest BCUT2D eigenvalue weighted by Gasteiger charge is 2.28. The van der Waals surface area contributed by atoms with Gasteiger partial charge in [0.2, 0.25) is 0 Å². The average molecular weight is 371 g/mol. The molecule has 2 aliphatic rings. The smallest absolute Gasteiger partial charge is 0.338 e. The Morgan fingerprint density at radius 3 is 2.78 bits per heavy atom. The molecule has 3 rings (SSSR count). The van der Waals surface area contributed by atoms with Gasteiger partial charge in [0, 0.05) is 11.6 Å². The van der Waals surface area contributed by atoms with Gasteiger partial charge < -0.3 is 14.8 Å². The molecule has 1 unspecified atom stereocenters. The Balaban J connectivity index is 1.64. The Bertz CT molecular complexity index is 691. The van der Waals surface area contributed by atoms with E-state index >= 15 is 0 Å². The van der Waals surface area contributed by atoms with Crippen LogP contribution in [0.4, 0.5) is 0 Å². The Kier molecular flexibility index (Phi) is 6.91. The number of hydrogen-bond acceptors (Lipinski definition) is 4. The van der Waals surface area contributed by atoms with Crippen LogP contribution in [0.2, 0.25) is 0 Å². The zero-order valence-corrected chi connectivity index (χ0v) is 16.0. The highest BCUT2D eigenvalue weighted by molar-refractivity contribution is 5.97. The lowest BCUT2D eigenvalue weighted by Gasteiger charge is -2.26. The molecule has 5 nitrogen and oxygen atoms in total. The van der Waals surface area contributed by atoms with Crippen LogP contribution in [0.15, 0.2) is 29.8 Å². The molecule has 1 aliphatic carbocycles. The van der Waals surface area contributed by atoms with E-state index < -0.39 is 12.1 Å². The molecule has 27 heavy (non-hydrogen) atoms. The first kappa shape index (κ1) is 19.5. The third-order valence-electron chi connectivity index (χ3n) is 5.21. The molecular weight excluding hydrogens is 342 g/mol. The third-order valence-corrected chi connectivity index (χ3v) is 5.21. The largest absolute Gasteiger partial charge is 0.488 e. The van der Waals surface area contributed by atoms with Gasteiger partial charge in [-0.3, -0.25) is 4.79 Å². The van der Waals surface area contributed by atoms with Crippen molar-refractivity contribution in [1.29, 1.82) is 0 Å². The lowest BCUT2D eigenvalue weighted by molar-refractivity contribution is -0.153. The van der Waals surface area contributed by atoms with Gasteiger partial charge in [0.05, 0.1) is 5.57 Å². The van der Waals surface area contributed by atoms with E-state index in [1.807, 2.05) is 24.3 Å². The number of fused-ring (bicyclic) bond motifs is 1. The second-order valence-electron chi connectivity index (χ2n) is 7.38. The molecule has 1 atom stereocenters. The quantitative estimate of drug-likeness (QED) is 0.736. The zero-order valence-electron chi connectivity index (χ0n) is 16.0. The second kappa shape index (κ2) is 9.58. The number of rotatable bonds is 7. The molecule has 1 saturated carbocycles. The number of hydrogen-bond donors (Lipinski definition) is 1. The summed E-state index contributed by atoms with van der Waals surface area (Å²) in [5.74, 6) is 0.123. The predicted octanol–water partition coefficient (Wildman–Crippen LogP) is 4.01. The number of carbonyl (C=O) groups excluding carboxylic acids is 2. The van der Waals surface area contributed by atoms with E-state index in [4.69, 9.17) is 9.47 Å². The summed E-state index contributed by atoms with van der Waals surface area (Å²) in [6, 6.07) is 7.76. The van der Waals surface area contributed by atoms with Gasteiger partial charge in [-0.15, -0.1) is 0 Å². The summed E-state index contributed by atoms with van der Waals surface area (Å²) in [4.78, 5) is 25.3. The molecule has 1 amide bonds. The Hall–Kier alpha value is -2.30. The van der Waals surface area contributed by atoms with E-state index in [9.17, 15) is 9.59 Å². The molecular formula is C22H29NO4. The van der Waals surface area contributed by atoms with Crippen LogP contribution < -0.4 is 10.1 Å². The van der Waals surface area contributed by atoms with Gasteiger partial charge in [0.25, 0.3) is 5.91 Å². The SMILES string of the molecule is CCCCC(OC(=O)C1=Cc2ccccc2OC1)C(=O)NC1CCCCC1. The summed E-state index contributed by atoms with van der Waals surface area (Å²) in [5.41, 5.74) is 1.30. The lowest BCUT2D eigenvalue weighted by atomic mass is 9.95. The molecule has 0 spiro atoms. The van der Waals surface area contributed by atoms with E-state index in [0.29, 0.717) is 12.0 Å². The minimum atomic E-state index is -0.738. The van der Waals surface area contributed by atoms with Gasteiger partial charge in [-0.1, -0.05) is 50.8 Å². The number of esters is 1. The number of amides is 1. The highest BCUT2D eigenvalue weighted by atomic mass is 16.6. The van der Waals surface area contributed by atoms with E-state index in [1.54, 1.807) is 6.08 Å². The van der Waals surface area contributed by atoms with Crippen LogP contribution in [0.5, 0.6) is 5.75 Å². The number of para-hydroxylation sites is 1. The molecule has 1 aromatic rings. The summed E-state index contributed by atoms with van der Waals surface area (Å²) in [7, 11) is 0. The van der Waals surface area contributed by atoms with Crippen molar-refractivity contribution in [2.75, 3.05) is 6.61 Å². The van der Waals surface area contributed by atoms with Gasteiger partial charge in [0.15, 0.2) is 6.10 Å². The highest BCUT2D eigenvalue weighted by Crippen LogP contribution is 2.26. The van der Waals surface area contributed by atoms with Gasteiger partial charge in [0.1, 0.15) is 12.4 Å². The van der Waals surface area contributed by atoms with Crippen molar-refractivity contribution in [1.82, 2.24) is 5.32 Å². The standard InChI is InChI=1S/C22H29NO4/c1-2-3-12-20(21(24)23-18-10-5-4-6-11-18)27-22(25)17-14-16-9-7-8-13-19(16)26-15-17/h7-9,13-14,18,20H,2-6,10-12,15H2,1H3,(H,23,24). The molecule has 0 saturated heterocycles. The van der Waals surface area contributed by atoms with E-state index in [0.717, 1.165) is 49.8 Å². The van der Waals surface area contributed by atoms with Gasteiger partial charge >= 0.3 is 5.97 Å². The fourth-order valence-corrected chi connectivity index (χ4v) is 3.61. The predicted molar refractivity (Wildman–Crippen MR) is 104 cm³/mol. The van der Waals surface area contributed by atoms with Crippen LogP contribution in [-0.4, -0.2) is 30.6 Å². The monoisotopic (exact) mass is 371 g/mol. The van der Waals surface area contributed by atoms with E-state index in [1.165, 1.54) is 6.42 Å². The molecule has 0 radical (unpaired) electrons. The maximum absolute atomic E-state index is 12.7. The van der Waals surface area contributed by atoms with Crippen LogP contribution in [0.1, 0.15) is 63.9 Å². The summed E-state index contributed by atoms with van der Waals surface area (Å²) in [6.07, 6.45) is 8.93. The van der Waals surface area contributed by atoms with Crippen molar-refractivity contribution in [2.45, 2.75) is 70.4 Å². The first-order valence-electron chi connectivity index (χ1n) is 10.1. The number of carbonyl (C=O) groups is 2. The maximum atomic E-state index is 12.7. The Morgan fingerprint density at radius 1 is 1.22 bits per heavy atom. The van der Waals surface area contributed by atoms with Crippen molar-refractivity contribution >= 4 is 18.0 Å². The Labute approximate surface area is 161 Å². The van der Waals surface area contributed by atoms with Gasteiger partial charge in [-0.25, -0.2) is 4.79 Å². The van der Waals surface area contributed by atoms with Crippen LogP contribution in [0.3, 0.4) is 0 Å². The van der Waals surface area contributed by atoms with Crippen molar-refractivity contribution in [3.05, 3.63) is 35.4 Å². The minimum absolute atomic E-state index is 0.165. The molecule has 1 heterocycles. The summed E-state index contributed by atoms with van der Waals surface area (Å²) in [6.45, 7) is 2.23. The van der Waals surface area contributed by atoms with Crippen molar-refractivity contribution in [2.24, 2.45) is 0 Å². The van der Waals surface area contributed by atoms with Crippen LogP contribution in [-0.2, 0) is 14.3 Å². The maximum Gasteiger partial charge on any atom is 0.338 e. The van der Waals surface area contributed by atoms with Crippen molar-refractivity contribution < 1.29 is 19.1 Å². The molecule has 1 aromatic carbocycles. The lowest BCUT2D eigenvalue weighted by Crippen LogP contribution is -2.44. The molecule has 1 N–H and O–H groups in total. The number of unbranched alkanes of at least 4 members (excludes halogenated alkanes) is 1. The first-order chi connectivity index (χ1) is 13.2. The van der Waals surface area contributed by atoms with Crippen LogP contribution in [0.25, 0.3) is 6.08 Å². The molecule has 0 aromatic heterocycles. The zero-order chi connectivity index (χ0) is 19.1. The van der Waals surface area contributed by atoms with Crippen LogP contribution in [0, 0.1) is 0 Å². The average Bonchev–Trinajstić information content (AvgIpc) is 2.71. The fourth-order valence-electron chi connectivity index (χ4n) is 3.61. The first-order valence-corrected chi connectivity index (χ1v) is 10.1. The van der Waals surface area contributed by atoms with E-state index in [-0.39, 0.29) is 18.6 Å². The third kappa shape index (κ3) is 5.34. The van der Waals surface area contributed by atoms with Crippen molar-refractivity contribution in [3.63, 3.8) is 0 Å². The van der Waals surface area contributed by atoms with Gasteiger partial charge in [-0.2, -0.15) is 0 Å². The molecule has 1 fully saturated rings. The second-order valence-corrected chi connectivity index (χ2v) is 7.38. The van der Waals surface area contributed by atoms with Gasteiger partial charge in [-0.05, 0) is 37.8 Å². The molecule has 0 bridgehead atoms. The molecule has 146 valence electrons. The summed E-state index contributed by atoms with van der Waals surface area (Å²) < 4.78 is 11.2. The fraction of sp³-hybridized carbons (Fsp3) is 0.545. The topological polar surface area (TPSA) is 64.6 Å². The van der Waals surface area contributed by atoms with E-state index in [2.05, 4.69) is 12.2 Å². The van der Waals surface area contributed by atoms with Crippen molar-refractivity contribution in [3.8, 4) is 5.75 Å².